The number of aromatic nitrogens is 4. The first-order valence-electron chi connectivity index (χ1n) is 10.1. The van der Waals surface area contributed by atoms with Crippen LogP contribution in [-0.2, 0) is 6.42 Å². The number of halogens is 1. The van der Waals surface area contributed by atoms with Gasteiger partial charge in [-0.05, 0) is 43.5 Å². The van der Waals surface area contributed by atoms with Crippen LogP contribution < -0.4 is 9.80 Å². The van der Waals surface area contributed by atoms with E-state index in [0.29, 0.717) is 21.3 Å². The van der Waals surface area contributed by atoms with Gasteiger partial charge in [0.15, 0.2) is 10.9 Å². The van der Waals surface area contributed by atoms with Gasteiger partial charge in [-0.3, -0.25) is 0 Å². The minimum Gasteiger partial charge on any atom is -0.347 e. The van der Waals surface area contributed by atoms with Crippen molar-refractivity contribution < 1.29 is 4.39 Å². The van der Waals surface area contributed by atoms with E-state index < -0.39 is 0 Å². The second-order valence-corrected chi connectivity index (χ2v) is 9.27. The molecule has 1 aliphatic heterocycles. The topological polar surface area (TPSA) is 73.4 Å². The molecule has 0 amide bonds. The molecule has 0 atom stereocenters. The fourth-order valence-electron chi connectivity index (χ4n) is 3.80. The molecule has 4 aromatic rings. The highest BCUT2D eigenvalue weighted by Crippen LogP contribution is 2.38. The number of rotatable bonds is 5. The highest BCUT2D eigenvalue weighted by Gasteiger charge is 2.25. The van der Waals surface area contributed by atoms with Crippen LogP contribution in [0, 0.1) is 17.1 Å². The standard InChI is InChI=1S/C21H20FN7S2/c1-3-15-18(29-20(24-15)31-21(26-29)28-10-4-5-11-28)27(2)19-25-17(16(12-23)30-19)13-6-8-14(22)9-7-13/h6-9H,3-5,10-11H2,1-2H3. The van der Waals surface area contributed by atoms with E-state index in [1.807, 2.05) is 16.5 Å². The molecule has 31 heavy (non-hydrogen) atoms. The van der Waals surface area contributed by atoms with Crippen molar-refractivity contribution in [1.82, 2.24) is 19.6 Å². The van der Waals surface area contributed by atoms with Gasteiger partial charge < -0.3 is 9.80 Å². The molecule has 0 radical (unpaired) electrons. The molecular formula is C21H20FN7S2. The molecule has 0 saturated carbocycles. The molecule has 1 fully saturated rings. The van der Waals surface area contributed by atoms with Crippen molar-refractivity contribution in [2.24, 2.45) is 0 Å². The summed E-state index contributed by atoms with van der Waals surface area (Å²) in [6.45, 7) is 4.13. The van der Waals surface area contributed by atoms with Gasteiger partial charge in [0.05, 0.1) is 5.69 Å². The van der Waals surface area contributed by atoms with Crippen LogP contribution in [0.1, 0.15) is 30.3 Å². The normalized spacial score (nSPS) is 13.8. The first-order valence-corrected chi connectivity index (χ1v) is 11.8. The van der Waals surface area contributed by atoms with Crippen molar-refractivity contribution in [3.63, 3.8) is 0 Å². The van der Waals surface area contributed by atoms with E-state index in [-0.39, 0.29) is 5.82 Å². The number of nitriles is 1. The van der Waals surface area contributed by atoms with Crippen LogP contribution in [0.2, 0.25) is 0 Å². The summed E-state index contributed by atoms with van der Waals surface area (Å²) in [5.41, 5.74) is 2.21. The lowest BCUT2D eigenvalue weighted by molar-refractivity contribution is 0.628. The Labute approximate surface area is 187 Å². The molecule has 7 nitrogen and oxygen atoms in total. The highest BCUT2D eigenvalue weighted by atomic mass is 32.1. The quantitative estimate of drug-likeness (QED) is 0.430. The minimum absolute atomic E-state index is 0.318. The van der Waals surface area contributed by atoms with Crippen LogP contribution in [0.25, 0.3) is 16.2 Å². The molecule has 0 unspecified atom stereocenters. The summed E-state index contributed by atoms with van der Waals surface area (Å²) in [5.74, 6) is 0.546. The molecule has 3 aromatic heterocycles. The van der Waals surface area contributed by atoms with Crippen molar-refractivity contribution in [1.29, 1.82) is 5.26 Å². The third-order valence-corrected chi connectivity index (χ3v) is 7.40. The number of benzene rings is 1. The minimum atomic E-state index is -0.318. The molecule has 158 valence electrons. The second-order valence-electron chi connectivity index (χ2n) is 7.36. The largest absolute Gasteiger partial charge is 0.347 e. The number of aryl methyl sites for hydroxylation is 1. The van der Waals surface area contributed by atoms with Crippen molar-refractivity contribution in [3.05, 3.63) is 40.7 Å². The fourth-order valence-corrected chi connectivity index (χ4v) is 5.62. The van der Waals surface area contributed by atoms with Gasteiger partial charge in [0.2, 0.25) is 10.1 Å². The monoisotopic (exact) mass is 453 g/mol. The summed E-state index contributed by atoms with van der Waals surface area (Å²) in [4.78, 5) is 15.1. The Hall–Kier alpha value is -3.03. The van der Waals surface area contributed by atoms with Gasteiger partial charge >= 0.3 is 0 Å². The van der Waals surface area contributed by atoms with Gasteiger partial charge in [-0.1, -0.05) is 29.6 Å². The fraction of sp³-hybridized carbons (Fsp3) is 0.333. The summed E-state index contributed by atoms with van der Waals surface area (Å²) >= 11 is 2.91. The molecule has 0 spiro atoms. The van der Waals surface area contributed by atoms with E-state index >= 15 is 0 Å². The lowest BCUT2D eigenvalue weighted by atomic mass is 10.1. The van der Waals surface area contributed by atoms with E-state index in [0.717, 1.165) is 41.1 Å². The van der Waals surface area contributed by atoms with Crippen LogP contribution in [0.4, 0.5) is 20.5 Å². The van der Waals surface area contributed by atoms with Gasteiger partial charge in [-0.2, -0.15) is 9.78 Å². The van der Waals surface area contributed by atoms with Crippen LogP contribution in [0.15, 0.2) is 24.3 Å². The third kappa shape index (κ3) is 3.43. The van der Waals surface area contributed by atoms with Crippen molar-refractivity contribution in [2.75, 3.05) is 29.9 Å². The third-order valence-electron chi connectivity index (χ3n) is 5.39. The predicted molar refractivity (Wildman–Crippen MR) is 122 cm³/mol. The molecule has 5 rings (SSSR count). The first-order chi connectivity index (χ1) is 15.1. The van der Waals surface area contributed by atoms with E-state index in [4.69, 9.17) is 15.1 Å². The number of fused-ring (bicyclic) bond motifs is 1. The van der Waals surface area contributed by atoms with Crippen molar-refractivity contribution >= 4 is 43.7 Å². The van der Waals surface area contributed by atoms with E-state index in [9.17, 15) is 9.65 Å². The molecule has 1 aliphatic rings. The Morgan fingerprint density at radius 2 is 1.90 bits per heavy atom. The Balaban J connectivity index is 1.57. The van der Waals surface area contributed by atoms with Crippen molar-refractivity contribution in [3.8, 4) is 17.3 Å². The smallest absolute Gasteiger partial charge is 0.216 e. The molecule has 4 heterocycles. The SMILES string of the molecule is CCc1nc2sc(N3CCCC3)nn2c1N(C)c1nc(-c2ccc(F)cc2)c(C#N)s1. The van der Waals surface area contributed by atoms with Gasteiger partial charge in [-0.15, -0.1) is 5.10 Å². The zero-order valence-electron chi connectivity index (χ0n) is 17.2. The molecule has 0 bridgehead atoms. The Morgan fingerprint density at radius 3 is 2.58 bits per heavy atom. The average molecular weight is 454 g/mol. The van der Waals surface area contributed by atoms with Crippen LogP contribution in [0.3, 0.4) is 0 Å². The second kappa shape index (κ2) is 7.90. The maximum absolute atomic E-state index is 13.3. The van der Waals surface area contributed by atoms with E-state index in [2.05, 4.69) is 17.9 Å². The Morgan fingerprint density at radius 1 is 1.16 bits per heavy atom. The van der Waals surface area contributed by atoms with E-state index in [1.54, 1.807) is 23.5 Å². The number of imidazole rings is 1. The first kappa shape index (κ1) is 19.9. The summed E-state index contributed by atoms with van der Waals surface area (Å²) in [6.07, 6.45) is 3.14. The van der Waals surface area contributed by atoms with Crippen LogP contribution in [-0.4, -0.2) is 39.7 Å². The molecule has 0 aliphatic carbocycles. The summed E-state index contributed by atoms with van der Waals surface area (Å²) in [7, 11) is 1.92. The number of hydrogen-bond acceptors (Lipinski definition) is 8. The van der Waals surface area contributed by atoms with Gasteiger partial charge in [0.25, 0.3) is 0 Å². The number of thiazole rings is 1. The number of anilines is 3. The predicted octanol–water partition coefficient (Wildman–Crippen LogP) is 4.86. The van der Waals surface area contributed by atoms with Gasteiger partial charge in [-0.25, -0.2) is 14.4 Å². The Kier molecular flexibility index (Phi) is 5.08. The maximum atomic E-state index is 13.3. The summed E-state index contributed by atoms with van der Waals surface area (Å²) in [6, 6.07) is 8.28. The lowest BCUT2D eigenvalue weighted by Gasteiger charge is -2.16. The molecule has 0 N–H and O–H groups in total. The van der Waals surface area contributed by atoms with Gasteiger partial charge in [0, 0.05) is 25.7 Å². The van der Waals surface area contributed by atoms with Crippen LogP contribution in [0.5, 0.6) is 0 Å². The zero-order valence-corrected chi connectivity index (χ0v) is 18.8. The van der Waals surface area contributed by atoms with E-state index in [1.165, 1.54) is 36.3 Å². The highest BCUT2D eigenvalue weighted by molar-refractivity contribution is 7.20. The zero-order chi connectivity index (χ0) is 21.5. The molecule has 1 aromatic carbocycles. The molecule has 1 saturated heterocycles. The number of nitrogens with zero attached hydrogens (tertiary/aromatic N) is 7. The maximum Gasteiger partial charge on any atom is 0.216 e. The molecular weight excluding hydrogens is 433 g/mol. The summed E-state index contributed by atoms with van der Waals surface area (Å²) in [5, 5.41) is 16.2. The van der Waals surface area contributed by atoms with Gasteiger partial charge in [0.1, 0.15) is 22.5 Å². The molecule has 10 heteroatoms. The average Bonchev–Trinajstić information content (AvgIpc) is 3.55. The summed E-state index contributed by atoms with van der Waals surface area (Å²) < 4.78 is 15.2. The lowest BCUT2D eigenvalue weighted by Crippen LogP contribution is -2.18. The number of hydrogen-bond donors (Lipinski definition) is 0. The van der Waals surface area contributed by atoms with Crippen molar-refractivity contribution in [2.45, 2.75) is 26.2 Å². The van der Waals surface area contributed by atoms with Crippen LogP contribution >= 0.6 is 22.7 Å². The Bertz CT molecular complexity index is 1280.